The van der Waals surface area contributed by atoms with Crippen LogP contribution in [0.3, 0.4) is 0 Å². The van der Waals surface area contributed by atoms with Crippen LogP contribution in [0.15, 0.2) is 79.0 Å². The van der Waals surface area contributed by atoms with Gasteiger partial charge in [-0.25, -0.2) is 0 Å². The summed E-state index contributed by atoms with van der Waals surface area (Å²) in [5.74, 6) is 1.53. The van der Waals surface area contributed by atoms with Gasteiger partial charge >= 0.3 is 0 Å². The molecule has 0 spiro atoms. The number of nitrogens with zero attached hydrogens (tertiary/aromatic N) is 1. The van der Waals surface area contributed by atoms with E-state index in [1.165, 1.54) is 17.5 Å². The highest BCUT2D eigenvalue weighted by Crippen LogP contribution is 2.41. The van der Waals surface area contributed by atoms with Crippen LogP contribution in [0.25, 0.3) is 0 Å². The molecule has 3 nitrogen and oxygen atoms in total. The number of rotatable bonds is 7. The van der Waals surface area contributed by atoms with E-state index < -0.39 is 0 Å². The Morgan fingerprint density at radius 2 is 1.72 bits per heavy atom. The quantitative estimate of drug-likeness (QED) is 0.701. The number of benzene rings is 2. The standard InChI is InChI=1S/C22H22N2O/c1-2-6-17(7-3-1)16-25-20-11-9-18(10-12-20)21-14-22(21)24-15-19-8-4-5-13-23-19/h1-13,21-22,24H,14-16H2/t21-,22+/m0/s1. The fourth-order valence-corrected chi connectivity index (χ4v) is 3.08. The molecule has 1 fully saturated rings. The predicted molar refractivity (Wildman–Crippen MR) is 99.4 cm³/mol. The van der Waals surface area contributed by atoms with Gasteiger partial charge in [-0.15, -0.1) is 0 Å². The van der Waals surface area contributed by atoms with Crippen LogP contribution in [0.2, 0.25) is 0 Å². The molecular formula is C22H22N2O. The Balaban J connectivity index is 1.27. The summed E-state index contributed by atoms with van der Waals surface area (Å²) < 4.78 is 5.86. The van der Waals surface area contributed by atoms with Crippen molar-refractivity contribution in [2.75, 3.05) is 0 Å². The van der Waals surface area contributed by atoms with E-state index in [1.807, 2.05) is 36.5 Å². The van der Waals surface area contributed by atoms with Crippen molar-refractivity contribution in [3.05, 3.63) is 95.8 Å². The van der Waals surface area contributed by atoms with Crippen molar-refractivity contribution in [3.8, 4) is 5.75 Å². The molecule has 1 aliphatic rings. The molecule has 2 aromatic carbocycles. The van der Waals surface area contributed by atoms with E-state index in [4.69, 9.17) is 4.74 Å². The first-order valence-electron chi connectivity index (χ1n) is 8.78. The van der Waals surface area contributed by atoms with E-state index in [1.54, 1.807) is 0 Å². The largest absolute Gasteiger partial charge is 0.489 e. The average molecular weight is 330 g/mol. The normalized spacial score (nSPS) is 18.7. The Kier molecular flexibility index (Phi) is 4.75. The number of hydrogen-bond acceptors (Lipinski definition) is 3. The van der Waals surface area contributed by atoms with Gasteiger partial charge in [-0.05, 0) is 41.8 Å². The van der Waals surface area contributed by atoms with E-state index in [0.717, 1.165) is 18.0 Å². The lowest BCUT2D eigenvalue weighted by Gasteiger charge is -2.08. The molecule has 4 rings (SSSR count). The zero-order chi connectivity index (χ0) is 16.9. The molecule has 3 heteroatoms. The van der Waals surface area contributed by atoms with E-state index in [-0.39, 0.29) is 0 Å². The maximum Gasteiger partial charge on any atom is 0.119 e. The van der Waals surface area contributed by atoms with Crippen LogP contribution in [0.5, 0.6) is 5.75 Å². The third-order valence-corrected chi connectivity index (χ3v) is 4.62. The van der Waals surface area contributed by atoms with Gasteiger partial charge in [0.2, 0.25) is 0 Å². The molecule has 1 heterocycles. The first kappa shape index (κ1) is 15.9. The minimum absolute atomic E-state index is 0.554. The van der Waals surface area contributed by atoms with Crippen LogP contribution < -0.4 is 10.1 Å². The van der Waals surface area contributed by atoms with Crippen LogP contribution in [0, 0.1) is 0 Å². The summed E-state index contributed by atoms with van der Waals surface area (Å²) in [6, 6.07) is 25.4. The third kappa shape index (κ3) is 4.25. The fourth-order valence-electron chi connectivity index (χ4n) is 3.08. The van der Waals surface area contributed by atoms with Crippen LogP contribution in [-0.2, 0) is 13.2 Å². The highest BCUT2D eigenvalue weighted by Gasteiger charge is 2.37. The summed E-state index contributed by atoms with van der Waals surface area (Å²) in [6.07, 6.45) is 3.03. The summed E-state index contributed by atoms with van der Waals surface area (Å²) in [7, 11) is 0. The van der Waals surface area contributed by atoms with Gasteiger partial charge in [0, 0.05) is 24.7 Å². The zero-order valence-corrected chi connectivity index (χ0v) is 14.1. The van der Waals surface area contributed by atoms with Gasteiger partial charge in [0.05, 0.1) is 5.69 Å². The lowest BCUT2D eigenvalue weighted by Crippen LogP contribution is -2.17. The lowest BCUT2D eigenvalue weighted by atomic mass is 10.1. The van der Waals surface area contributed by atoms with Crippen molar-refractivity contribution >= 4 is 0 Å². The van der Waals surface area contributed by atoms with Gasteiger partial charge in [0.1, 0.15) is 12.4 Å². The smallest absolute Gasteiger partial charge is 0.119 e. The van der Waals surface area contributed by atoms with Crippen LogP contribution >= 0.6 is 0 Å². The SMILES string of the molecule is c1ccc(COc2ccc([C@@H]3C[C@H]3NCc3ccccn3)cc2)cc1. The Morgan fingerprint density at radius 1 is 0.920 bits per heavy atom. The molecule has 1 aliphatic carbocycles. The first-order valence-corrected chi connectivity index (χ1v) is 8.78. The summed E-state index contributed by atoms with van der Waals surface area (Å²) in [4.78, 5) is 4.35. The molecule has 1 N–H and O–H groups in total. The predicted octanol–water partition coefficient (Wildman–Crippen LogP) is 4.31. The summed E-state index contributed by atoms with van der Waals surface area (Å²) >= 11 is 0. The molecule has 0 bridgehead atoms. The van der Waals surface area contributed by atoms with E-state index >= 15 is 0 Å². The van der Waals surface area contributed by atoms with Gasteiger partial charge in [0.25, 0.3) is 0 Å². The molecule has 0 aliphatic heterocycles. The van der Waals surface area contributed by atoms with E-state index in [2.05, 4.69) is 52.8 Å². The molecule has 0 amide bonds. The molecule has 25 heavy (non-hydrogen) atoms. The molecule has 1 saturated carbocycles. The minimum atomic E-state index is 0.554. The Hall–Kier alpha value is -2.65. The number of ether oxygens (including phenoxy) is 1. The van der Waals surface area contributed by atoms with Gasteiger partial charge in [0.15, 0.2) is 0 Å². The molecule has 126 valence electrons. The molecule has 2 atom stereocenters. The molecule has 1 aromatic heterocycles. The Bertz CT molecular complexity index is 787. The van der Waals surface area contributed by atoms with Crippen molar-refractivity contribution in [2.45, 2.75) is 31.5 Å². The summed E-state index contributed by atoms with van der Waals surface area (Å²) in [5, 5.41) is 3.59. The van der Waals surface area contributed by atoms with Crippen molar-refractivity contribution < 1.29 is 4.74 Å². The first-order chi connectivity index (χ1) is 12.4. The van der Waals surface area contributed by atoms with Gasteiger partial charge in [-0.3, -0.25) is 4.98 Å². The van der Waals surface area contributed by atoms with Crippen LogP contribution in [0.4, 0.5) is 0 Å². The van der Waals surface area contributed by atoms with Crippen molar-refractivity contribution in [2.24, 2.45) is 0 Å². The Labute approximate surface area is 148 Å². The van der Waals surface area contributed by atoms with Gasteiger partial charge < -0.3 is 10.1 Å². The van der Waals surface area contributed by atoms with E-state index in [9.17, 15) is 0 Å². The Morgan fingerprint density at radius 3 is 2.48 bits per heavy atom. The number of nitrogens with one attached hydrogen (secondary N) is 1. The monoisotopic (exact) mass is 330 g/mol. The highest BCUT2D eigenvalue weighted by atomic mass is 16.5. The number of hydrogen-bond donors (Lipinski definition) is 1. The number of aromatic nitrogens is 1. The van der Waals surface area contributed by atoms with Crippen LogP contribution in [0.1, 0.15) is 29.2 Å². The molecule has 3 aromatic rings. The maximum absolute atomic E-state index is 5.86. The second-order valence-corrected chi connectivity index (χ2v) is 6.49. The molecular weight excluding hydrogens is 308 g/mol. The highest BCUT2D eigenvalue weighted by molar-refractivity contribution is 5.34. The maximum atomic E-state index is 5.86. The minimum Gasteiger partial charge on any atom is -0.489 e. The molecule has 0 radical (unpaired) electrons. The number of pyridine rings is 1. The summed E-state index contributed by atoms with van der Waals surface area (Å²) in [5.41, 5.74) is 3.66. The van der Waals surface area contributed by atoms with Gasteiger partial charge in [-0.2, -0.15) is 0 Å². The zero-order valence-electron chi connectivity index (χ0n) is 14.1. The topological polar surface area (TPSA) is 34.1 Å². The van der Waals surface area contributed by atoms with E-state index in [0.29, 0.717) is 18.6 Å². The lowest BCUT2D eigenvalue weighted by molar-refractivity contribution is 0.306. The second kappa shape index (κ2) is 7.49. The molecule has 0 saturated heterocycles. The van der Waals surface area contributed by atoms with Crippen molar-refractivity contribution in [3.63, 3.8) is 0 Å². The molecule has 0 unspecified atom stereocenters. The second-order valence-electron chi connectivity index (χ2n) is 6.49. The van der Waals surface area contributed by atoms with Crippen molar-refractivity contribution in [1.82, 2.24) is 10.3 Å². The van der Waals surface area contributed by atoms with Gasteiger partial charge in [-0.1, -0.05) is 48.5 Å². The summed E-state index contributed by atoms with van der Waals surface area (Å²) in [6.45, 7) is 1.44. The van der Waals surface area contributed by atoms with Crippen molar-refractivity contribution in [1.29, 1.82) is 0 Å². The fraction of sp³-hybridized carbons (Fsp3) is 0.227. The third-order valence-electron chi connectivity index (χ3n) is 4.62. The van der Waals surface area contributed by atoms with Crippen LogP contribution in [-0.4, -0.2) is 11.0 Å². The average Bonchev–Trinajstić information content (AvgIpc) is 3.47.